The van der Waals surface area contributed by atoms with Gasteiger partial charge < -0.3 is 15.0 Å². The van der Waals surface area contributed by atoms with Crippen molar-refractivity contribution in [3.8, 4) is 0 Å². The predicted molar refractivity (Wildman–Crippen MR) is 59.6 cm³/mol. The van der Waals surface area contributed by atoms with Crippen LogP contribution in [0, 0.1) is 0 Å². The number of piperidine rings is 1. The summed E-state index contributed by atoms with van der Waals surface area (Å²) in [5, 5.41) is 3.48. The molecule has 0 bridgehead atoms. The van der Waals surface area contributed by atoms with Crippen LogP contribution in [0.15, 0.2) is 0 Å². The average molecular weight is 200 g/mol. The lowest BCUT2D eigenvalue weighted by Crippen LogP contribution is -2.37. The SMILES string of the molecule is CN(C)CCCOCC1CCCCN1. The Balaban J connectivity index is 1.87. The zero-order chi connectivity index (χ0) is 10.2. The van der Waals surface area contributed by atoms with Crippen molar-refractivity contribution in [2.45, 2.75) is 31.7 Å². The van der Waals surface area contributed by atoms with Crippen molar-refractivity contribution in [2.24, 2.45) is 0 Å². The van der Waals surface area contributed by atoms with E-state index in [0.29, 0.717) is 6.04 Å². The number of ether oxygens (including phenoxy) is 1. The van der Waals surface area contributed by atoms with Gasteiger partial charge in [-0.15, -0.1) is 0 Å². The van der Waals surface area contributed by atoms with E-state index in [1.165, 1.54) is 25.8 Å². The Bertz CT molecular complexity index is 133. The zero-order valence-corrected chi connectivity index (χ0v) is 9.59. The molecule has 0 aromatic heterocycles. The van der Waals surface area contributed by atoms with Gasteiger partial charge in [-0.05, 0) is 46.4 Å². The molecule has 3 nitrogen and oxygen atoms in total. The number of hydrogen-bond acceptors (Lipinski definition) is 3. The monoisotopic (exact) mass is 200 g/mol. The van der Waals surface area contributed by atoms with E-state index >= 15 is 0 Å². The topological polar surface area (TPSA) is 24.5 Å². The van der Waals surface area contributed by atoms with Crippen LogP contribution < -0.4 is 5.32 Å². The van der Waals surface area contributed by atoms with E-state index in [0.717, 1.165) is 26.2 Å². The maximum atomic E-state index is 5.63. The van der Waals surface area contributed by atoms with E-state index < -0.39 is 0 Å². The van der Waals surface area contributed by atoms with Crippen LogP contribution in [0.5, 0.6) is 0 Å². The Hall–Kier alpha value is -0.120. The molecule has 84 valence electrons. The first kappa shape index (κ1) is 12.0. The quantitative estimate of drug-likeness (QED) is 0.650. The first-order valence-electron chi connectivity index (χ1n) is 5.75. The second-order valence-electron chi connectivity index (χ2n) is 4.38. The normalized spacial score (nSPS) is 22.9. The van der Waals surface area contributed by atoms with E-state index in [2.05, 4.69) is 24.3 Å². The minimum absolute atomic E-state index is 0.614. The van der Waals surface area contributed by atoms with Gasteiger partial charge in [0, 0.05) is 12.6 Å². The summed E-state index contributed by atoms with van der Waals surface area (Å²) in [5.74, 6) is 0. The van der Waals surface area contributed by atoms with Crippen molar-refractivity contribution in [1.82, 2.24) is 10.2 Å². The van der Waals surface area contributed by atoms with E-state index in [1.54, 1.807) is 0 Å². The van der Waals surface area contributed by atoms with Gasteiger partial charge in [0.25, 0.3) is 0 Å². The van der Waals surface area contributed by atoms with Crippen LogP contribution in [0.25, 0.3) is 0 Å². The Kier molecular flexibility index (Phi) is 6.15. The molecule has 1 unspecified atom stereocenters. The Morgan fingerprint density at radius 3 is 2.86 bits per heavy atom. The summed E-state index contributed by atoms with van der Waals surface area (Å²) in [6.45, 7) is 4.09. The van der Waals surface area contributed by atoms with Crippen molar-refractivity contribution in [3.63, 3.8) is 0 Å². The van der Waals surface area contributed by atoms with Gasteiger partial charge in [-0.2, -0.15) is 0 Å². The van der Waals surface area contributed by atoms with Gasteiger partial charge in [0.1, 0.15) is 0 Å². The van der Waals surface area contributed by atoms with E-state index in [-0.39, 0.29) is 0 Å². The second kappa shape index (κ2) is 7.21. The van der Waals surface area contributed by atoms with Crippen LogP contribution in [0.1, 0.15) is 25.7 Å². The van der Waals surface area contributed by atoms with Gasteiger partial charge >= 0.3 is 0 Å². The van der Waals surface area contributed by atoms with Crippen molar-refractivity contribution in [3.05, 3.63) is 0 Å². The predicted octanol–water partition coefficient (Wildman–Crippen LogP) is 1.10. The zero-order valence-electron chi connectivity index (χ0n) is 9.59. The van der Waals surface area contributed by atoms with Gasteiger partial charge in [0.15, 0.2) is 0 Å². The Labute approximate surface area is 87.8 Å². The van der Waals surface area contributed by atoms with Crippen LogP contribution in [0.3, 0.4) is 0 Å². The van der Waals surface area contributed by atoms with Crippen LogP contribution >= 0.6 is 0 Å². The Morgan fingerprint density at radius 2 is 2.21 bits per heavy atom. The van der Waals surface area contributed by atoms with E-state index in [4.69, 9.17) is 4.74 Å². The number of rotatable bonds is 6. The lowest BCUT2D eigenvalue weighted by molar-refractivity contribution is 0.0971. The van der Waals surface area contributed by atoms with Gasteiger partial charge in [-0.25, -0.2) is 0 Å². The van der Waals surface area contributed by atoms with Gasteiger partial charge in [-0.3, -0.25) is 0 Å². The highest BCUT2D eigenvalue weighted by molar-refractivity contribution is 4.71. The lowest BCUT2D eigenvalue weighted by Gasteiger charge is -2.23. The van der Waals surface area contributed by atoms with Gasteiger partial charge in [-0.1, -0.05) is 6.42 Å². The standard InChI is InChI=1S/C11H24N2O/c1-13(2)8-5-9-14-10-11-6-3-4-7-12-11/h11-12H,3-10H2,1-2H3. The minimum atomic E-state index is 0.614. The van der Waals surface area contributed by atoms with E-state index in [1.807, 2.05) is 0 Å². The van der Waals surface area contributed by atoms with Crippen molar-refractivity contribution < 1.29 is 4.74 Å². The summed E-state index contributed by atoms with van der Waals surface area (Å²) >= 11 is 0. The van der Waals surface area contributed by atoms with Crippen molar-refractivity contribution >= 4 is 0 Å². The van der Waals surface area contributed by atoms with Crippen LogP contribution in [-0.2, 0) is 4.74 Å². The minimum Gasteiger partial charge on any atom is -0.380 e. The molecule has 3 heteroatoms. The van der Waals surface area contributed by atoms with Gasteiger partial charge in [0.05, 0.1) is 6.61 Å². The maximum absolute atomic E-state index is 5.63. The molecule has 1 heterocycles. The molecule has 1 aliphatic heterocycles. The molecule has 0 aromatic rings. The fourth-order valence-electron chi connectivity index (χ4n) is 1.77. The lowest BCUT2D eigenvalue weighted by atomic mass is 10.1. The third-order valence-electron chi connectivity index (χ3n) is 2.63. The third-order valence-corrected chi connectivity index (χ3v) is 2.63. The van der Waals surface area contributed by atoms with Crippen molar-refractivity contribution in [2.75, 3.05) is 40.4 Å². The summed E-state index contributed by atoms with van der Waals surface area (Å²) in [5.41, 5.74) is 0. The average Bonchev–Trinajstić information content (AvgIpc) is 2.18. The third kappa shape index (κ3) is 5.58. The molecule has 14 heavy (non-hydrogen) atoms. The molecule has 1 aliphatic rings. The first-order valence-corrected chi connectivity index (χ1v) is 5.75. The number of nitrogens with zero attached hydrogens (tertiary/aromatic N) is 1. The molecule has 0 spiro atoms. The molecular formula is C11H24N2O. The summed E-state index contributed by atoms with van der Waals surface area (Å²) in [6.07, 6.45) is 5.11. The molecule has 1 rings (SSSR count). The molecule has 0 saturated carbocycles. The van der Waals surface area contributed by atoms with Gasteiger partial charge in [0.2, 0.25) is 0 Å². The van der Waals surface area contributed by atoms with Crippen molar-refractivity contribution in [1.29, 1.82) is 0 Å². The molecule has 0 radical (unpaired) electrons. The van der Waals surface area contributed by atoms with Crippen LogP contribution in [0.4, 0.5) is 0 Å². The summed E-state index contributed by atoms with van der Waals surface area (Å²) in [6, 6.07) is 0.614. The molecule has 0 amide bonds. The summed E-state index contributed by atoms with van der Waals surface area (Å²) in [7, 11) is 4.20. The van der Waals surface area contributed by atoms with E-state index in [9.17, 15) is 0 Å². The highest BCUT2D eigenvalue weighted by Crippen LogP contribution is 2.06. The van der Waals surface area contributed by atoms with Crippen LogP contribution in [0.2, 0.25) is 0 Å². The summed E-state index contributed by atoms with van der Waals surface area (Å²) in [4.78, 5) is 2.20. The highest BCUT2D eigenvalue weighted by atomic mass is 16.5. The number of hydrogen-bond donors (Lipinski definition) is 1. The fourth-order valence-corrected chi connectivity index (χ4v) is 1.77. The molecule has 0 aliphatic carbocycles. The second-order valence-corrected chi connectivity index (χ2v) is 4.38. The molecule has 0 aromatic carbocycles. The smallest absolute Gasteiger partial charge is 0.0619 e. The maximum Gasteiger partial charge on any atom is 0.0619 e. The number of nitrogens with one attached hydrogen (secondary N) is 1. The van der Waals surface area contributed by atoms with Crippen LogP contribution in [-0.4, -0.2) is 51.3 Å². The molecule has 1 N–H and O–H groups in total. The largest absolute Gasteiger partial charge is 0.380 e. The molecule has 1 saturated heterocycles. The highest BCUT2D eigenvalue weighted by Gasteiger charge is 2.11. The molecule has 1 fully saturated rings. The fraction of sp³-hybridized carbons (Fsp3) is 1.00. The Morgan fingerprint density at radius 1 is 1.36 bits per heavy atom. The summed E-state index contributed by atoms with van der Waals surface area (Å²) < 4.78 is 5.63. The molecular weight excluding hydrogens is 176 g/mol. The molecule has 1 atom stereocenters. The first-order chi connectivity index (χ1) is 6.79.